The molecule has 0 saturated heterocycles. The molecule has 0 amide bonds. The van der Waals surface area contributed by atoms with Crippen LogP contribution in [0.2, 0.25) is 0 Å². The number of alkyl halides is 3. The summed E-state index contributed by atoms with van der Waals surface area (Å²) in [4.78, 5) is 3.27. The third-order valence-corrected chi connectivity index (χ3v) is 1.71. The molecule has 3 nitrogen and oxygen atoms in total. The summed E-state index contributed by atoms with van der Waals surface area (Å²) in [5.74, 6) is -0.230. The molecule has 0 radical (unpaired) electrons. The van der Waals surface area contributed by atoms with Crippen molar-refractivity contribution in [2.24, 2.45) is 0 Å². The number of halogens is 4. The predicted molar refractivity (Wildman–Crippen MR) is 43.9 cm³/mol. The lowest BCUT2D eigenvalue weighted by Crippen LogP contribution is -2.05. The van der Waals surface area contributed by atoms with Gasteiger partial charge in [-0.25, -0.2) is 4.98 Å². The highest BCUT2D eigenvalue weighted by Crippen LogP contribution is 2.29. The van der Waals surface area contributed by atoms with Crippen LogP contribution in [0.3, 0.4) is 0 Å². The van der Waals surface area contributed by atoms with E-state index in [0.29, 0.717) is 6.20 Å². The molecule has 8 heteroatoms. The fourth-order valence-electron chi connectivity index (χ4n) is 0.664. The van der Waals surface area contributed by atoms with Crippen LogP contribution in [-0.4, -0.2) is 9.19 Å². The molecule has 1 atom stereocenters. The van der Waals surface area contributed by atoms with Crippen LogP contribution in [0.4, 0.5) is 13.2 Å². The third-order valence-electron chi connectivity index (χ3n) is 1.21. The first-order valence-corrected chi connectivity index (χ1v) is 5.09. The predicted octanol–water partition coefficient (Wildman–Crippen LogP) is 2.30. The van der Waals surface area contributed by atoms with E-state index < -0.39 is 22.0 Å². The van der Waals surface area contributed by atoms with Gasteiger partial charge in [-0.2, -0.15) is 17.4 Å². The summed E-state index contributed by atoms with van der Waals surface area (Å²) in [5.41, 5.74) is -0.912. The summed E-state index contributed by atoms with van der Waals surface area (Å²) in [5, 5.41) is 0. The van der Waals surface area contributed by atoms with Gasteiger partial charge in [-0.1, -0.05) is 0 Å². The molecule has 1 unspecified atom stereocenters. The lowest BCUT2D eigenvalue weighted by molar-refractivity contribution is -0.137. The Kier molecular flexibility index (Phi) is 3.33. The van der Waals surface area contributed by atoms with Gasteiger partial charge >= 0.3 is 16.5 Å². The largest absolute Gasteiger partial charge is 0.417 e. The molecule has 0 bridgehead atoms. The molecule has 78 valence electrons. The monoisotopic (exact) mass is 245 g/mol. The van der Waals surface area contributed by atoms with E-state index in [1.54, 1.807) is 0 Å². The summed E-state index contributed by atoms with van der Waals surface area (Å²) < 4.78 is 50.7. The molecule has 0 aliphatic rings. The number of hydrogen-bond acceptors (Lipinski definition) is 3. The first-order chi connectivity index (χ1) is 6.39. The third kappa shape index (κ3) is 3.15. The molecule has 1 aromatic heterocycles. The molecule has 0 fully saturated rings. The van der Waals surface area contributed by atoms with E-state index in [1.807, 2.05) is 0 Å². The number of rotatable bonds is 2. The Labute approximate surface area is 84.0 Å². The van der Waals surface area contributed by atoms with Crippen molar-refractivity contribution in [2.75, 3.05) is 0 Å². The molecule has 1 rings (SSSR count). The average molecular weight is 246 g/mol. The van der Waals surface area contributed by atoms with Crippen LogP contribution in [0.15, 0.2) is 18.3 Å². The first kappa shape index (κ1) is 11.3. The highest BCUT2D eigenvalue weighted by atomic mass is 35.7. The van der Waals surface area contributed by atoms with Crippen LogP contribution in [0.5, 0.6) is 5.88 Å². The maximum Gasteiger partial charge on any atom is 0.417 e. The number of aromatic nitrogens is 1. The van der Waals surface area contributed by atoms with Gasteiger partial charge in [-0.3, -0.25) is 0 Å². The molecule has 0 spiro atoms. The lowest BCUT2D eigenvalue weighted by atomic mass is 10.3. The molecule has 0 aliphatic carbocycles. The quantitative estimate of drug-likeness (QED) is 0.751. The molecule has 0 aliphatic heterocycles. The van der Waals surface area contributed by atoms with Crippen molar-refractivity contribution >= 4 is 21.0 Å². The van der Waals surface area contributed by atoms with Crippen molar-refractivity contribution in [3.63, 3.8) is 0 Å². The Bertz CT molecular complexity index is 340. The molecule has 1 heterocycles. The molecule has 0 saturated carbocycles. The molecular weight excluding hydrogens is 243 g/mol. The second-order valence-electron chi connectivity index (χ2n) is 2.16. The normalized spacial score (nSPS) is 13.7. The van der Waals surface area contributed by atoms with E-state index in [9.17, 15) is 17.4 Å². The highest BCUT2D eigenvalue weighted by Gasteiger charge is 2.30. The van der Waals surface area contributed by atoms with Crippen LogP contribution in [0.25, 0.3) is 0 Å². The van der Waals surface area contributed by atoms with Crippen LogP contribution < -0.4 is 4.18 Å². The summed E-state index contributed by atoms with van der Waals surface area (Å²) >= 11 is 0. The van der Waals surface area contributed by atoms with Gasteiger partial charge < -0.3 is 4.18 Å². The van der Waals surface area contributed by atoms with Crippen molar-refractivity contribution in [3.8, 4) is 5.88 Å². The van der Waals surface area contributed by atoms with Crippen molar-refractivity contribution in [1.82, 2.24) is 4.98 Å². The summed E-state index contributed by atoms with van der Waals surface area (Å²) in [6.45, 7) is 0. The van der Waals surface area contributed by atoms with E-state index in [0.717, 1.165) is 12.1 Å². The minimum absolute atomic E-state index is 0.230. The minimum atomic E-state index is -4.45. The number of pyridine rings is 1. The zero-order valence-corrected chi connectivity index (χ0v) is 7.99. The average Bonchev–Trinajstić information content (AvgIpc) is 2.02. The maximum atomic E-state index is 12.0. The fraction of sp³-hybridized carbons (Fsp3) is 0.167. The SMILES string of the molecule is O=S(Cl)Oc1ccc(C(F)(F)F)cn1. The van der Waals surface area contributed by atoms with E-state index in [2.05, 4.69) is 9.17 Å². The summed E-state index contributed by atoms with van der Waals surface area (Å²) in [6, 6.07) is 1.69. The molecule has 14 heavy (non-hydrogen) atoms. The van der Waals surface area contributed by atoms with E-state index in [-0.39, 0.29) is 5.88 Å². The van der Waals surface area contributed by atoms with E-state index >= 15 is 0 Å². The standard InChI is InChI=1S/C6H3ClF3NO2S/c7-14(12)13-5-2-1-4(3-11-5)6(8,9)10/h1-3H. The van der Waals surface area contributed by atoms with Gasteiger partial charge in [-0.15, -0.1) is 0 Å². The highest BCUT2D eigenvalue weighted by molar-refractivity contribution is 8.04. The van der Waals surface area contributed by atoms with Gasteiger partial charge in [0.2, 0.25) is 5.88 Å². The molecule has 1 aromatic rings. The number of hydrogen-bond donors (Lipinski definition) is 0. The Hall–Kier alpha value is -0.820. The van der Waals surface area contributed by atoms with Gasteiger partial charge in [0.1, 0.15) is 0 Å². The topological polar surface area (TPSA) is 39.2 Å². The molecule has 0 N–H and O–H groups in total. The number of nitrogens with zero attached hydrogens (tertiary/aromatic N) is 1. The minimum Gasteiger partial charge on any atom is -0.368 e. The Balaban J connectivity index is 2.84. The zero-order valence-electron chi connectivity index (χ0n) is 6.42. The Morgan fingerprint density at radius 2 is 2.07 bits per heavy atom. The Morgan fingerprint density at radius 3 is 2.43 bits per heavy atom. The van der Waals surface area contributed by atoms with Crippen molar-refractivity contribution in [2.45, 2.75) is 6.18 Å². The van der Waals surface area contributed by atoms with Gasteiger partial charge in [0.15, 0.2) is 0 Å². The van der Waals surface area contributed by atoms with Crippen LogP contribution in [-0.2, 0) is 16.5 Å². The first-order valence-electron chi connectivity index (χ1n) is 3.19. The van der Waals surface area contributed by atoms with Crippen LogP contribution in [0, 0.1) is 0 Å². The Morgan fingerprint density at radius 1 is 1.43 bits per heavy atom. The second-order valence-corrected chi connectivity index (χ2v) is 3.47. The van der Waals surface area contributed by atoms with Crippen molar-refractivity contribution in [1.29, 1.82) is 0 Å². The zero-order chi connectivity index (χ0) is 10.8. The molecular formula is C6H3ClF3NO2S. The van der Waals surface area contributed by atoms with Gasteiger partial charge in [-0.05, 0) is 6.07 Å². The van der Waals surface area contributed by atoms with Crippen LogP contribution in [0.1, 0.15) is 5.56 Å². The summed E-state index contributed by atoms with van der Waals surface area (Å²) in [7, 11) is 2.81. The van der Waals surface area contributed by atoms with Gasteiger partial charge in [0.25, 0.3) is 0 Å². The van der Waals surface area contributed by atoms with Crippen molar-refractivity contribution in [3.05, 3.63) is 23.9 Å². The van der Waals surface area contributed by atoms with E-state index in [4.69, 9.17) is 10.7 Å². The lowest BCUT2D eigenvalue weighted by Gasteiger charge is -2.05. The van der Waals surface area contributed by atoms with E-state index in [1.165, 1.54) is 0 Å². The second kappa shape index (κ2) is 4.14. The van der Waals surface area contributed by atoms with Crippen LogP contribution >= 0.6 is 10.7 Å². The smallest absolute Gasteiger partial charge is 0.368 e. The van der Waals surface area contributed by atoms with Gasteiger partial charge in [0, 0.05) is 22.9 Å². The van der Waals surface area contributed by atoms with Crippen molar-refractivity contribution < 1.29 is 21.6 Å². The van der Waals surface area contributed by atoms with Gasteiger partial charge in [0.05, 0.1) is 5.56 Å². The summed E-state index contributed by atoms with van der Waals surface area (Å²) in [6.07, 6.45) is -3.88. The molecule has 0 aromatic carbocycles. The fourth-order valence-corrected chi connectivity index (χ4v) is 1.09. The maximum absolute atomic E-state index is 12.0.